The van der Waals surface area contributed by atoms with E-state index >= 15 is 0 Å². The van der Waals surface area contributed by atoms with Crippen LogP contribution in [0.4, 0.5) is 13.2 Å². The lowest BCUT2D eigenvalue weighted by atomic mass is 10.1. The Balaban J connectivity index is 1.61. The lowest BCUT2D eigenvalue weighted by Gasteiger charge is -2.14. The third kappa shape index (κ3) is 6.13. The molecule has 2 heterocycles. The number of nitrogens with zero attached hydrogens (tertiary/aromatic N) is 6. The molecule has 1 saturated carbocycles. The first-order valence-corrected chi connectivity index (χ1v) is 11.9. The summed E-state index contributed by atoms with van der Waals surface area (Å²) in [4.78, 5) is 32.6. The van der Waals surface area contributed by atoms with Crippen LogP contribution in [0, 0.1) is 0 Å². The number of hydrogen-bond donors (Lipinski definition) is 2. The van der Waals surface area contributed by atoms with Crippen molar-refractivity contribution in [1.82, 2.24) is 24.8 Å². The molecule has 1 aromatic carbocycles. The Labute approximate surface area is 222 Å². The molecule has 1 fully saturated rings. The summed E-state index contributed by atoms with van der Waals surface area (Å²) in [6.45, 7) is 5.17. The van der Waals surface area contributed by atoms with Crippen molar-refractivity contribution >= 4 is 18.5 Å². The molecule has 4 rings (SSSR count). The monoisotopic (exact) mass is 541 g/mol. The fourth-order valence-electron chi connectivity index (χ4n) is 3.88. The lowest BCUT2D eigenvalue weighted by Crippen LogP contribution is -2.18. The Kier molecular flexibility index (Phi) is 7.79. The number of aryl methyl sites for hydroxylation is 1. The van der Waals surface area contributed by atoms with Crippen LogP contribution in [0.1, 0.15) is 48.2 Å². The summed E-state index contributed by atoms with van der Waals surface area (Å²) in [6.07, 6.45) is -0.329. The Morgan fingerprint density at radius 2 is 1.95 bits per heavy atom. The highest BCUT2D eigenvalue weighted by atomic mass is 19.4. The molecule has 0 atom stereocenters. The summed E-state index contributed by atoms with van der Waals surface area (Å²) in [5, 5.41) is 12.7. The number of aliphatic imine (C=N–C) groups is 2. The smallest absolute Gasteiger partial charge is 0.434 e. The van der Waals surface area contributed by atoms with E-state index in [2.05, 4.69) is 37.0 Å². The second-order valence-electron chi connectivity index (χ2n) is 8.90. The van der Waals surface area contributed by atoms with E-state index < -0.39 is 17.8 Å². The molecule has 0 radical (unpaired) electrons. The second-order valence-corrected chi connectivity index (χ2v) is 8.90. The average molecular weight is 542 g/mol. The molecule has 0 unspecified atom stereocenters. The summed E-state index contributed by atoms with van der Waals surface area (Å²) in [5.74, 6) is -0.406. The number of benzene rings is 1. The van der Waals surface area contributed by atoms with E-state index in [1.165, 1.54) is 32.0 Å². The van der Waals surface area contributed by atoms with Gasteiger partial charge < -0.3 is 19.7 Å². The Hall–Kier alpha value is -4.55. The molecule has 0 bridgehead atoms. The maximum Gasteiger partial charge on any atom is 0.434 e. The van der Waals surface area contributed by atoms with Gasteiger partial charge in [-0.2, -0.15) is 13.2 Å². The van der Waals surface area contributed by atoms with E-state index in [0.29, 0.717) is 16.8 Å². The van der Waals surface area contributed by atoms with E-state index in [-0.39, 0.29) is 41.4 Å². The molecule has 2 aromatic heterocycles. The van der Waals surface area contributed by atoms with Crippen LogP contribution in [0.5, 0.6) is 5.88 Å². The molecule has 10 nitrogen and oxygen atoms in total. The molecule has 204 valence electrons. The molecular formula is C26H26F3N7O3. The average Bonchev–Trinajstić information content (AvgIpc) is 3.68. The molecule has 2 N–H and O–H groups in total. The number of carbonyl (C=O) groups is 1. The zero-order valence-electron chi connectivity index (χ0n) is 21.5. The van der Waals surface area contributed by atoms with E-state index in [4.69, 9.17) is 4.74 Å². The second kappa shape index (κ2) is 11.1. The molecule has 0 saturated heterocycles. The van der Waals surface area contributed by atoms with Crippen molar-refractivity contribution in [2.75, 3.05) is 7.11 Å². The number of nitrogens with one attached hydrogen (secondary N) is 1. The van der Waals surface area contributed by atoms with Crippen LogP contribution in [0.25, 0.3) is 11.4 Å². The third-order valence-electron chi connectivity index (χ3n) is 6.11. The van der Waals surface area contributed by atoms with Crippen LogP contribution in [-0.2, 0) is 24.6 Å². The molecule has 0 spiro atoms. The number of hydrogen-bond acceptors (Lipinski definition) is 7. The Morgan fingerprint density at radius 1 is 1.26 bits per heavy atom. The van der Waals surface area contributed by atoms with Gasteiger partial charge in [0.15, 0.2) is 11.5 Å². The summed E-state index contributed by atoms with van der Waals surface area (Å²) >= 11 is 0. The number of alkyl halides is 3. The minimum Gasteiger partial charge on any atom is -0.480 e. The number of rotatable bonds is 9. The predicted octanol–water partition coefficient (Wildman–Crippen LogP) is 4.34. The van der Waals surface area contributed by atoms with E-state index in [1.54, 1.807) is 24.3 Å². The van der Waals surface area contributed by atoms with Crippen molar-refractivity contribution in [3.8, 4) is 17.3 Å². The van der Waals surface area contributed by atoms with E-state index in [1.807, 2.05) is 0 Å². The van der Waals surface area contributed by atoms with Gasteiger partial charge in [0, 0.05) is 31.3 Å². The zero-order valence-corrected chi connectivity index (χ0v) is 21.5. The van der Waals surface area contributed by atoms with Crippen molar-refractivity contribution in [2.24, 2.45) is 17.0 Å². The highest BCUT2D eigenvalue weighted by molar-refractivity contribution is 6.05. The van der Waals surface area contributed by atoms with Crippen LogP contribution in [-0.4, -0.2) is 50.3 Å². The summed E-state index contributed by atoms with van der Waals surface area (Å²) < 4.78 is 45.8. The van der Waals surface area contributed by atoms with Crippen LogP contribution >= 0.6 is 0 Å². The molecule has 13 heteroatoms. The first-order chi connectivity index (χ1) is 18.5. The lowest BCUT2D eigenvalue weighted by molar-refractivity contribution is -0.141. The van der Waals surface area contributed by atoms with Gasteiger partial charge in [-0.15, -0.1) is 0 Å². The largest absolute Gasteiger partial charge is 0.480 e. The predicted molar refractivity (Wildman–Crippen MR) is 137 cm³/mol. The molecule has 0 amide bonds. The zero-order chi connectivity index (χ0) is 28.3. The molecule has 39 heavy (non-hydrogen) atoms. The van der Waals surface area contributed by atoms with Crippen LogP contribution < -0.4 is 10.1 Å². The standard InChI is InChI=1S/C26H26F3N7O3/c1-14(25(37)38)21(35-22(30-2)19-20(16-9-10-16)32-13-33-24(19)39-4)31-11-15-5-7-17(8-6-15)23-34-18(12-36(23)3)26(27,28)29/h5-8,12-13,16,31H,2,9-11H2,1,3-4H3,(H,37,38)/b21-14+,35-22?. The van der Waals surface area contributed by atoms with Gasteiger partial charge in [0.25, 0.3) is 0 Å². The first-order valence-electron chi connectivity index (χ1n) is 11.9. The summed E-state index contributed by atoms with van der Waals surface area (Å²) in [5.41, 5.74) is 1.34. The van der Waals surface area contributed by atoms with E-state index in [9.17, 15) is 23.1 Å². The molecule has 0 aliphatic heterocycles. The van der Waals surface area contributed by atoms with Crippen LogP contribution in [0.15, 0.2) is 58.2 Å². The normalized spacial score (nSPS) is 14.6. The number of amidine groups is 1. The number of halogens is 3. The quantitative estimate of drug-likeness (QED) is 0.234. The topological polar surface area (TPSA) is 127 Å². The van der Waals surface area contributed by atoms with Gasteiger partial charge in [-0.25, -0.2) is 29.7 Å². The third-order valence-corrected chi connectivity index (χ3v) is 6.11. The van der Waals surface area contributed by atoms with E-state index in [0.717, 1.165) is 24.6 Å². The van der Waals surface area contributed by atoms with Crippen LogP contribution in [0.2, 0.25) is 0 Å². The number of methoxy groups -OCH3 is 1. The maximum absolute atomic E-state index is 13.0. The summed E-state index contributed by atoms with van der Waals surface area (Å²) in [6, 6.07) is 6.68. The van der Waals surface area contributed by atoms with Gasteiger partial charge in [-0.05, 0) is 32.0 Å². The Morgan fingerprint density at radius 3 is 2.49 bits per heavy atom. The number of carboxylic acid groups (broad SMARTS) is 1. The SMILES string of the molecule is C=NC(=N/C(NCc1ccc(-c2nc(C(F)(F)F)cn2C)cc1)=C(\C)C(=O)O)c1c(OC)ncnc1C1CC1. The number of imidazole rings is 1. The van der Waals surface area contributed by atoms with Crippen molar-refractivity contribution in [3.05, 3.63) is 70.7 Å². The minimum absolute atomic E-state index is 0.0422. The van der Waals surface area contributed by atoms with Gasteiger partial charge in [-0.1, -0.05) is 24.3 Å². The molecule has 1 aliphatic carbocycles. The highest BCUT2D eigenvalue weighted by Crippen LogP contribution is 2.42. The van der Waals surface area contributed by atoms with Gasteiger partial charge in [0.1, 0.15) is 23.5 Å². The van der Waals surface area contributed by atoms with Crippen molar-refractivity contribution in [1.29, 1.82) is 0 Å². The molecule has 1 aliphatic rings. The van der Waals surface area contributed by atoms with Gasteiger partial charge in [-0.3, -0.25) is 0 Å². The van der Waals surface area contributed by atoms with Gasteiger partial charge in [0.05, 0.1) is 18.4 Å². The minimum atomic E-state index is -4.54. The van der Waals surface area contributed by atoms with Crippen LogP contribution in [0.3, 0.4) is 0 Å². The first kappa shape index (κ1) is 27.5. The summed E-state index contributed by atoms with van der Waals surface area (Å²) in [7, 11) is 2.95. The number of carboxylic acids is 1. The van der Waals surface area contributed by atoms with Crippen molar-refractivity contribution in [3.63, 3.8) is 0 Å². The van der Waals surface area contributed by atoms with Gasteiger partial charge in [0.2, 0.25) is 5.88 Å². The van der Waals surface area contributed by atoms with Crippen molar-refractivity contribution < 1.29 is 27.8 Å². The fourth-order valence-corrected chi connectivity index (χ4v) is 3.88. The number of ether oxygens (including phenoxy) is 1. The van der Waals surface area contributed by atoms with Crippen molar-refractivity contribution in [2.45, 2.75) is 38.4 Å². The molecule has 3 aromatic rings. The maximum atomic E-state index is 13.0. The fraction of sp³-hybridized carbons (Fsp3) is 0.308. The molecular weight excluding hydrogens is 515 g/mol. The van der Waals surface area contributed by atoms with Gasteiger partial charge >= 0.3 is 12.1 Å². The number of aromatic nitrogens is 4. The highest BCUT2D eigenvalue weighted by Gasteiger charge is 2.34. The Bertz CT molecular complexity index is 1460. The number of aliphatic carboxylic acids is 1.